The molecule has 15 heteroatoms. The summed E-state index contributed by atoms with van der Waals surface area (Å²) >= 11 is 0. The van der Waals surface area contributed by atoms with Gasteiger partial charge < -0.3 is 18.5 Å². The van der Waals surface area contributed by atoms with Crippen molar-refractivity contribution in [3.63, 3.8) is 0 Å². The summed E-state index contributed by atoms with van der Waals surface area (Å²) in [7, 11) is -3.80. The van der Waals surface area contributed by atoms with Gasteiger partial charge in [0.15, 0.2) is 0 Å². The Morgan fingerprint density at radius 1 is 0.850 bits per heavy atom. The third-order valence-electron chi connectivity index (χ3n) is 5.13. The highest BCUT2D eigenvalue weighted by Gasteiger charge is 2.33. The van der Waals surface area contributed by atoms with Gasteiger partial charge >= 0.3 is 19.7 Å². The number of hydrogen-bond acceptors (Lipinski definition) is 7. The van der Waals surface area contributed by atoms with Crippen LogP contribution >= 0.6 is 7.60 Å². The Labute approximate surface area is 224 Å². The topological polar surface area (TPSA) is 93.1 Å². The van der Waals surface area contributed by atoms with Crippen LogP contribution in [0.5, 0.6) is 5.75 Å². The minimum atomic E-state index is -3.80. The minimum absolute atomic E-state index is 0.0101. The highest BCUT2D eigenvalue weighted by atomic mass is 31.2. The van der Waals surface area contributed by atoms with E-state index in [1.54, 1.807) is 13.8 Å². The molecule has 0 atom stereocenters. The molecule has 0 N–H and O–H groups in total. The number of carbonyl (C=O) groups excluding carboxylic acids is 2. The SMILES string of the molecule is CCOP(=O)(Cc1cc2cc(C(=O)Oc3c(F)c(F)c(F)c(F)c3F)n(C(=O)OC(C)(C)C)c2cc1F)OCC. The van der Waals surface area contributed by atoms with Crippen LogP contribution in [-0.4, -0.2) is 35.4 Å². The molecule has 8 nitrogen and oxygen atoms in total. The van der Waals surface area contributed by atoms with Crippen LogP contribution in [0.4, 0.5) is 31.1 Å². The summed E-state index contributed by atoms with van der Waals surface area (Å²) in [4.78, 5) is 26.0. The Morgan fingerprint density at radius 3 is 1.88 bits per heavy atom. The lowest BCUT2D eigenvalue weighted by Gasteiger charge is -2.21. The van der Waals surface area contributed by atoms with Gasteiger partial charge in [-0.05, 0) is 52.8 Å². The van der Waals surface area contributed by atoms with Crippen molar-refractivity contribution in [2.45, 2.75) is 46.4 Å². The lowest BCUT2D eigenvalue weighted by Crippen LogP contribution is -2.29. The molecule has 0 aliphatic heterocycles. The number of benzene rings is 2. The van der Waals surface area contributed by atoms with E-state index in [4.69, 9.17) is 13.8 Å². The molecule has 0 fully saturated rings. The highest BCUT2D eigenvalue weighted by Crippen LogP contribution is 2.52. The van der Waals surface area contributed by atoms with Gasteiger partial charge in [0, 0.05) is 10.9 Å². The van der Waals surface area contributed by atoms with E-state index in [0.29, 0.717) is 4.57 Å². The van der Waals surface area contributed by atoms with Crippen LogP contribution < -0.4 is 4.74 Å². The van der Waals surface area contributed by atoms with Gasteiger partial charge in [0.05, 0.1) is 24.9 Å². The van der Waals surface area contributed by atoms with Crippen LogP contribution in [0.2, 0.25) is 0 Å². The molecule has 0 unspecified atom stereocenters. The molecule has 40 heavy (non-hydrogen) atoms. The van der Waals surface area contributed by atoms with Crippen LogP contribution in [0.15, 0.2) is 18.2 Å². The maximum Gasteiger partial charge on any atom is 0.419 e. The van der Waals surface area contributed by atoms with Gasteiger partial charge in [-0.25, -0.2) is 31.7 Å². The molecule has 0 amide bonds. The van der Waals surface area contributed by atoms with Crippen molar-refractivity contribution in [3.8, 4) is 5.75 Å². The van der Waals surface area contributed by atoms with Crippen molar-refractivity contribution >= 4 is 30.6 Å². The van der Waals surface area contributed by atoms with Crippen molar-refractivity contribution in [2.24, 2.45) is 0 Å². The van der Waals surface area contributed by atoms with Crippen molar-refractivity contribution in [1.82, 2.24) is 4.57 Å². The molecule has 3 rings (SSSR count). The first-order valence-electron chi connectivity index (χ1n) is 11.7. The summed E-state index contributed by atoms with van der Waals surface area (Å²) in [5.41, 5.74) is -2.43. The molecule has 2 aromatic carbocycles. The monoisotopic (exact) mass is 595 g/mol. The van der Waals surface area contributed by atoms with Gasteiger partial charge in [-0.15, -0.1) is 0 Å². The van der Waals surface area contributed by atoms with Crippen molar-refractivity contribution in [1.29, 1.82) is 0 Å². The summed E-state index contributed by atoms with van der Waals surface area (Å²) in [6, 6.07) is 2.85. The average Bonchev–Trinajstić information content (AvgIpc) is 3.22. The highest BCUT2D eigenvalue weighted by molar-refractivity contribution is 7.53. The summed E-state index contributed by atoms with van der Waals surface area (Å²) in [6.45, 7) is 7.50. The average molecular weight is 595 g/mol. The van der Waals surface area contributed by atoms with Crippen LogP contribution in [0.1, 0.15) is 50.7 Å². The van der Waals surface area contributed by atoms with Crippen molar-refractivity contribution in [2.75, 3.05) is 13.2 Å². The quantitative estimate of drug-likeness (QED) is 0.0677. The number of hydrogen-bond donors (Lipinski definition) is 0. The number of esters is 1. The van der Waals surface area contributed by atoms with Crippen molar-refractivity contribution in [3.05, 3.63) is 64.4 Å². The Hall–Kier alpha value is -3.35. The van der Waals surface area contributed by atoms with E-state index in [2.05, 4.69) is 4.74 Å². The molecule has 0 spiro atoms. The Bertz CT molecular complexity index is 1490. The number of ether oxygens (including phenoxy) is 2. The summed E-state index contributed by atoms with van der Waals surface area (Å²) in [6.07, 6.45) is -1.79. The van der Waals surface area contributed by atoms with Gasteiger partial charge in [0.2, 0.25) is 34.8 Å². The Morgan fingerprint density at radius 2 is 1.38 bits per heavy atom. The fourth-order valence-electron chi connectivity index (χ4n) is 3.60. The first-order chi connectivity index (χ1) is 18.5. The summed E-state index contributed by atoms with van der Waals surface area (Å²) < 4.78 is 118. The second-order valence-electron chi connectivity index (χ2n) is 9.24. The van der Waals surface area contributed by atoms with Crippen molar-refractivity contribution < 1.29 is 59.0 Å². The van der Waals surface area contributed by atoms with E-state index >= 15 is 4.39 Å². The van der Waals surface area contributed by atoms with E-state index < -0.39 is 77.8 Å². The van der Waals surface area contributed by atoms with E-state index in [0.717, 1.165) is 18.2 Å². The summed E-state index contributed by atoms with van der Waals surface area (Å²) in [5.74, 6) is -16.7. The predicted molar refractivity (Wildman–Crippen MR) is 129 cm³/mol. The van der Waals surface area contributed by atoms with Crippen LogP contribution in [0, 0.1) is 34.9 Å². The normalized spacial score (nSPS) is 12.2. The van der Waals surface area contributed by atoms with E-state index in [9.17, 15) is 36.1 Å². The van der Waals surface area contributed by atoms with Gasteiger partial charge in [0.1, 0.15) is 17.1 Å². The smallest absolute Gasteiger partial charge is 0.419 e. The summed E-state index contributed by atoms with van der Waals surface area (Å²) in [5, 5.41) is -0.0360. The van der Waals surface area contributed by atoms with Crippen LogP contribution in [0.25, 0.3) is 10.9 Å². The zero-order valence-electron chi connectivity index (χ0n) is 21.9. The zero-order chi connectivity index (χ0) is 30.2. The fraction of sp³-hybridized carbons (Fsp3) is 0.360. The number of halogens is 6. The first-order valence-corrected chi connectivity index (χ1v) is 13.4. The Balaban J connectivity index is 2.19. The number of fused-ring (bicyclic) bond motifs is 1. The molecular weight excluding hydrogens is 571 g/mol. The molecule has 218 valence electrons. The van der Waals surface area contributed by atoms with E-state index in [1.165, 1.54) is 20.8 Å². The molecule has 0 saturated carbocycles. The first kappa shape index (κ1) is 31.2. The van der Waals surface area contributed by atoms with Crippen LogP contribution in [0.3, 0.4) is 0 Å². The molecule has 0 aliphatic rings. The lowest BCUT2D eigenvalue weighted by atomic mass is 10.1. The molecule has 1 heterocycles. The number of rotatable bonds is 8. The molecule has 0 aliphatic carbocycles. The third-order valence-corrected chi connectivity index (χ3v) is 7.17. The maximum atomic E-state index is 15.2. The lowest BCUT2D eigenvalue weighted by molar-refractivity contribution is 0.0517. The van der Waals surface area contributed by atoms with E-state index in [1.807, 2.05) is 0 Å². The van der Waals surface area contributed by atoms with Gasteiger partial charge in [-0.2, -0.15) is 8.78 Å². The molecular formula is C25H24F6NO7P. The Kier molecular flexibility index (Phi) is 9.07. The number of aromatic nitrogens is 1. The zero-order valence-corrected chi connectivity index (χ0v) is 22.8. The molecule has 0 bridgehead atoms. The van der Waals surface area contributed by atoms with Gasteiger partial charge in [0.25, 0.3) is 0 Å². The standard InChI is InChI=1S/C25H24F6NO7P/c1-6-36-40(35,37-7-2)11-13-8-12-9-16(32(15(12)10-14(13)26)24(34)39-25(3,4)5)23(33)38-22-20(30)18(28)17(27)19(29)21(22)31/h8-10H,6-7,11H2,1-5H3. The maximum absolute atomic E-state index is 15.2. The van der Waals surface area contributed by atoms with Gasteiger partial charge in [-0.1, -0.05) is 0 Å². The predicted octanol–water partition coefficient (Wildman–Crippen LogP) is 7.24. The molecule has 0 saturated heterocycles. The molecule has 3 aromatic rings. The molecule has 1 aromatic heterocycles. The number of nitrogens with zero attached hydrogens (tertiary/aromatic N) is 1. The van der Waals surface area contributed by atoms with Crippen LogP contribution in [-0.2, 0) is 24.5 Å². The largest absolute Gasteiger partial charge is 0.443 e. The number of carbonyl (C=O) groups is 2. The van der Waals surface area contributed by atoms with Gasteiger partial charge in [-0.3, -0.25) is 4.57 Å². The van der Waals surface area contributed by atoms with E-state index in [-0.39, 0.29) is 29.7 Å². The molecule has 0 radical (unpaired) electrons. The fourth-order valence-corrected chi connectivity index (χ4v) is 5.31. The minimum Gasteiger partial charge on any atom is -0.443 e. The second kappa shape index (κ2) is 11.6. The second-order valence-corrected chi connectivity index (χ2v) is 11.3. The third kappa shape index (κ3) is 6.34.